The number of hydrogen-bond donors (Lipinski definition) is 1. The van der Waals surface area contributed by atoms with Gasteiger partial charge in [0, 0.05) is 12.1 Å². The zero-order chi connectivity index (χ0) is 12.8. The predicted molar refractivity (Wildman–Crippen MR) is 74.1 cm³/mol. The molecule has 0 unspecified atom stereocenters. The molecule has 0 aliphatic heterocycles. The molecule has 2 nitrogen and oxygen atoms in total. The van der Waals surface area contributed by atoms with Crippen LogP contribution in [0.2, 0.25) is 0 Å². The standard InChI is InChI=1S/C15H23NO/c1-11(2)14(10-16)9-13-7-5-6-8-15(13)17-12(3)4/h5-9,11-12H,10,16H2,1-4H3. The van der Waals surface area contributed by atoms with Crippen LogP contribution in [0.5, 0.6) is 5.75 Å². The lowest BCUT2D eigenvalue weighted by Gasteiger charge is -2.14. The molecule has 0 saturated carbocycles. The molecule has 0 atom stereocenters. The van der Waals surface area contributed by atoms with E-state index in [-0.39, 0.29) is 6.10 Å². The van der Waals surface area contributed by atoms with Crippen LogP contribution < -0.4 is 10.5 Å². The van der Waals surface area contributed by atoms with Crippen molar-refractivity contribution >= 4 is 6.08 Å². The third-order valence-electron chi connectivity index (χ3n) is 2.60. The van der Waals surface area contributed by atoms with E-state index in [9.17, 15) is 0 Å². The molecule has 0 aliphatic rings. The molecule has 0 radical (unpaired) electrons. The van der Waals surface area contributed by atoms with Gasteiger partial charge >= 0.3 is 0 Å². The summed E-state index contributed by atoms with van der Waals surface area (Å²) in [5, 5.41) is 0. The van der Waals surface area contributed by atoms with E-state index in [1.807, 2.05) is 32.0 Å². The first-order valence-corrected chi connectivity index (χ1v) is 6.20. The van der Waals surface area contributed by atoms with Gasteiger partial charge in [0.2, 0.25) is 0 Å². The first-order chi connectivity index (χ1) is 8.04. The van der Waals surface area contributed by atoms with Gasteiger partial charge in [0.1, 0.15) is 5.75 Å². The minimum absolute atomic E-state index is 0.185. The van der Waals surface area contributed by atoms with Crippen LogP contribution in [0.4, 0.5) is 0 Å². The molecule has 0 aromatic heterocycles. The van der Waals surface area contributed by atoms with Gasteiger partial charge in [-0.25, -0.2) is 0 Å². The zero-order valence-corrected chi connectivity index (χ0v) is 11.2. The van der Waals surface area contributed by atoms with Gasteiger partial charge in [0.15, 0.2) is 0 Å². The Morgan fingerprint density at radius 1 is 1.24 bits per heavy atom. The molecule has 17 heavy (non-hydrogen) atoms. The van der Waals surface area contributed by atoms with Crippen molar-refractivity contribution < 1.29 is 4.74 Å². The van der Waals surface area contributed by atoms with E-state index in [0.717, 1.165) is 11.3 Å². The van der Waals surface area contributed by atoms with Gasteiger partial charge in [-0.1, -0.05) is 43.7 Å². The van der Waals surface area contributed by atoms with Crippen molar-refractivity contribution in [1.29, 1.82) is 0 Å². The van der Waals surface area contributed by atoms with Gasteiger partial charge in [-0.3, -0.25) is 0 Å². The fourth-order valence-electron chi connectivity index (χ4n) is 1.62. The van der Waals surface area contributed by atoms with Crippen molar-refractivity contribution in [2.75, 3.05) is 6.54 Å². The van der Waals surface area contributed by atoms with Gasteiger partial charge in [-0.15, -0.1) is 0 Å². The summed E-state index contributed by atoms with van der Waals surface area (Å²) in [6.45, 7) is 8.97. The van der Waals surface area contributed by atoms with Crippen LogP contribution >= 0.6 is 0 Å². The second-order valence-electron chi connectivity index (χ2n) is 4.78. The quantitative estimate of drug-likeness (QED) is 0.845. The van der Waals surface area contributed by atoms with E-state index < -0.39 is 0 Å². The number of benzene rings is 1. The Bertz CT molecular complexity index is 380. The Labute approximate surface area is 104 Å². The fourth-order valence-corrected chi connectivity index (χ4v) is 1.62. The van der Waals surface area contributed by atoms with E-state index in [0.29, 0.717) is 12.5 Å². The molecule has 0 heterocycles. The lowest BCUT2D eigenvalue weighted by atomic mass is 10.00. The normalized spacial score (nSPS) is 12.3. The molecule has 0 fully saturated rings. The van der Waals surface area contributed by atoms with Crippen molar-refractivity contribution in [3.8, 4) is 5.75 Å². The molecule has 1 aromatic carbocycles. The maximum Gasteiger partial charge on any atom is 0.126 e. The number of hydrogen-bond acceptors (Lipinski definition) is 2. The highest BCUT2D eigenvalue weighted by Crippen LogP contribution is 2.23. The molecule has 0 aliphatic carbocycles. The summed E-state index contributed by atoms with van der Waals surface area (Å²) in [5.74, 6) is 1.39. The monoisotopic (exact) mass is 233 g/mol. The molecular formula is C15H23NO. The van der Waals surface area contributed by atoms with Gasteiger partial charge in [0.25, 0.3) is 0 Å². The lowest BCUT2D eigenvalue weighted by molar-refractivity contribution is 0.242. The summed E-state index contributed by atoms with van der Waals surface area (Å²) >= 11 is 0. The summed E-state index contributed by atoms with van der Waals surface area (Å²) in [5.41, 5.74) is 8.11. The summed E-state index contributed by atoms with van der Waals surface area (Å²) in [7, 11) is 0. The van der Waals surface area contributed by atoms with Crippen LogP contribution in [0.1, 0.15) is 33.3 Å². The first-order valence-electron chi connectivity index (χ1n) is 6.20. The van der Waals surface area contributed by atoms with E-state index in [1.54, 1.807) is 0 Å². The molecule has 1 rings (SSSR count). The number of ether oxygens (including phenoxy) is 1. The molecule has 0 saturated heterocycles. The SMILES string of the molecule is CC(C)Oc1ccccc1C=C(CN)C(C)C. The van der Waals surface area contributed by atoms with Crippen LogP contribution in [-0.4, -0.2) is 12.6 Å². The third-order valence-corrected chi connectivity index (χ3v) is 2.60. The van der Waals surface area contributed by atoms with Gasteiger partial charge in [-0.05, 0) is 25.8 Å². The molecule has 2 N–H and O–H groups in total. The van der Waals surface area contributed by atoms with Crippen molar-refractivity contribution in [3.05, 3.63) is 35.4 Å². The summed E-state index contributed by atoms with van der Waals surface area (Å²) in [4.78, 5) is 0. The van der Waals surface area contributed by atoms with E-state index in [2.05, 4.69) is 26.0 Å². The average molecular weight is 233 g/mol. The highest BCUT2D eigenvalue weighted by molar-refractivity contribution is 5.60. The van der Waals surface area contributed by atoms with Crippen molar-refractivity contribution in [2.45, 2.75) is 33.8 Å². The zero-order valence-electron chi connectivity index (χ0n) is 11.2. The molecule has 94 valence electrons. The Morgan fingerprint density at radius 2 is 1.88 bits per heavy atom. The molecular weight excluding hydrogens is 210 g/mol. The van der Waals surface area contributed by atoms with Crippen LogP contribution in [0.25, 0.3) is 6.08 Å². The van der Waals surface area contributed by atoms with Gasteiger partial charge in [-0.2, -0.15) is 0 Å². The first kappa shape index (κ1) is 13.8. The Balaban J connectivity index is 3.04. The van der Waals surface area contributed by atoms with Crippen LogP contribution in [-0.2, 0) is 0 Å². The fraction of sp³-hybridized carbons (Fsp3) is 0.467. The summed E-state index contributed by atoms with van der Waals surface area (Å²) in [6, 6.07) is 8.08. The van der Waals surface area contributed by atoms with E-state index >= 15 is 0 Å². The lowest BCUT2D eigenvalue weighted by Crippen LogP contribution is -2.09. The van der Waals surface area contributed by atoms with Crippen molar-refractivity contribution in [3.63, 3.8) is 0 Å². The van der Waals surface area contributed by atoms with Gasteiger partial charge < -0.3 is 10.5 Å². The Hall–Kier alpha value is -1.28. The molecule has 1 aromatic rings. The second kappa shape index (κ2) is 6.45. The highest BCUT2D eigenvalue weighted by atomic mass is 16.5. The Kier molecular flexibility index (Phi) is 5.23. The third kappa shape index (κ3) is 4.23. The largest absolute Gasteiger partial charge is 0.490 e. The van der Waals surface area contributed by atoms with Gasteiger partial charge in [0.05, 0.1) is 6.10 Å². The van der Waals surface area contributed by atoms with Crippen LogP contribution in [0, 0.1) is 5.92 Å². The number of para-hydroxylation sites is 1. The molecule has 0 amide bonds. The number of rotatable bonds is 5. The maximum absolute atomic E-state index is 5.79. The van der Waals surface area contributed by atoms with E-state index in [1.165, 1.54) is 5.57 Å². The van der Waals surface area contributed by atoms with Crippen molar-refractivity contribution in [2.24, 2.45) is 11.7 Å². The average Bonchev–Trinajstić information content (AvgIpc) is 2.26. The Morgan fingerprint density at radius 3 is 2.41 bits per heavy atom. The van der Waals surface area contributed by atoms with Crippen LogP contribution in [0.3, 0.4) is 0 Å². The summed E-state index contributed by atoms with van der Waals surface area (Å²) < 4.78 is 5.79. The van der Waals surface area contributed by atoms with Crippen molar-refractivity contribution in [1.82, 2.24) is 0 Å². The molecule has 2 heteroatoms. The second-order valence-corrected chi connectivity index (χ2v) is 4.78. The molecule has 0 spiro atoms. The summed E-state index contributed by atoms with van der Waals surface area (Å²) in [6.07, 6.45) is 2.33. The topological polar surface area (TPSA) is 35.2 Å². The smallest absolute Gasteiger partial charge is 0.126 e. The number of nitrogens with two attached hydrogens (primary N) is 1. The molecule has 0 bridgehead atoms. The minimum atomic E-state index is 0.185. The van der Waals surface area contributed by atoms with E-state index in [4.69, 9.17) is 10.5 Å². The van der Waals surface area contributed by atoms with Crippen LogP contribution in [0.15, 0.2) is 29.8 Å². The minimum Gasteiger partial charge on any atom is -0.490 e. The maximum atomic E-state index is 5.79. The highest BCUT2D eigenvalue weighted by Gasteiger charge is 2.06. The predicted octanol–water partition coefficient (Wildman–Crippen LogP) is 3.47.